The summed E-state index contributed by atoms with van der Waals surface area (Å²) in [6, 6.07) is 7.45. The maximum atomic E-state index is 13.7. The highest BCUT2D eigenvalue weighted by Gasteiger charge is 2.49. The molecule has 9 heteroatoms. The molecular weight excluding hydrogens is 341 g/mol. The van der Waals surface area contributed by atoms with Crippen LogP contribution >= 0.6 is 0 Å². The zero-order valence-electron chi connectivity index (χ0n) is 11.2. The van der Waals surface area contributed by atoms with Gasteiger partial charge in [0.2, 0.25) is 15.8 Å². The molecule has 0 bridgehead atoms. The van der Waals surface area contributed by atoms with Crippen LogP contribution in [0.5, 0.6) is 0 Å². The van der Waals surface area contributed by atoms with E-state index >= 15 is 0 Å². The molecule has 2 aromatic carbocycles. The van der Waals surface area contributed by atoms with Gasteiger partial charge < -0.3 is 0 Å². The van der Waals surface area contributed by atoms with Crippen LogP contribution in [0.3, 0.4) is 0 Å². The Kier molecular flexibility index (Phi) is 3.64. The summed E-state index contributed by atoms with van der Waals surface area (Å²) >= 11 is 0. The van der Waals surface area contributed by atoms with E-state index < -0.39 is 50.0 Å². The Morgan fingerprint density at radius 3 is 1.83 bits per heavy atom. The van der Waals surface area contributed by atoms with E-state index in [0.717, 1.165) is 0 Å². The van der Waals surface area contributed by atoms with E-state index in [1.54, 1.807) is 30.3 Å². The Labute approximate surface area is 128 Å². The number of nitrogens with zero attached hydrogens (tertiary/aromatic N) is 1. The van der Waals surface area contributed by atoms with Gasteiger partial charge in [0.05, 0.1) is 6.04 Å². The third-order valence-corrected chi connectivity index (χ3v) is 5.38. The van der Waals surface area contributed by atoms with Gasteiger partial charge in [-0.1, -0.05) is 30.3 Å². The van der Waals surface area contributed by atoms with Crippen molar-refractivity contribution in [2.75, 3.05) is 6.54 Å². The molecule has 0 radical (unpaired) electrons. The third kappa shape index (κ3) is 2.40. The highest BCUT2D eigenvalue weighted by molar-refractivity contribution is 7.89. The molecule has 1 heterocycles. The van der Waals surface area contributed by atoms with Crippen LogP contribution in [-0.2, 0) is 10.0 Å². The fourth-order valence-corrected chi connectivity index (χ4v) is 3.93. The standard InChI is InChI=1S/C14H8F5NO2S/c15-9-10(16)12(18)14(13(19)11(9)17)23(21,22)20-6-8(20)7-4-2-1-3-5-7/h1-5,8H,6H2. The van der Waals surface area contributed by atoms with Crippen LogP contribution in [0.4, 0.5) is 22.0 Å². The fourth-order valence-electron chi connectivity index (χ4n) is 2.26. The SMILES string of the molecule is O=S(=O)(c1c(F)c(F)c(F)c(F)c1F)N1CC1c1ccccc1. The summed E-state index contributed by atoms with van der Waals surface area (Å²) in [7, 11) is -4.85. The summed E-state index contributed by atoms with van der Waals surface area (Å²) in [5, 5.41) is 0. The average molecular weight is 349 g/mol. The smallest absolute Gasteiger partial charge is 0.207 e. The molecule has 1 fully saturated rings. The first kappa shape index (κ1) is 15.9. The first-order chi connectivity index (χ1) is 10.8. The van der Waals surface area contributed by atoms with Crippen molar-refractivity contribution in [3.8, 4) is 0 Å². The summed E-state index contributed by atoms with van der Waals surface area (Å²) in [5.41, 5.74) is 0.556. The molecule has 0 saturated carbocycles. The van der Waals surface area contributed by atoms with Gasteiger partial charge in [0, 0.05) is 6.54 Å². The van der Waals surface area contributed by atoms with E-state index in [1.165, 1.54) is 0 Å². The Balaban J connectivity index is 2.06. The summed E-state index contributed by atoms with van der Waals surface area (Å²) in [4.78, 5) is -1.83. The normalized spacial score (nSPS) is 20.6. The monoisotopic (exact) mass is 349 g/mol. The lowest BCUT2D eigenvalue weighted by molar-refractivity contribution is 0.356. The van der Waals surface area contributed by atoms with Gasteiger partial charge >= 0.3 is 0 Å². The molecule has 0 amide bonds. The number of hydrogen-bond acceptors (Lipinski definition) is 2. The molecule has 23 heavy (non-hydrogen) atoms. The second kappa shape index (κ2) is 5.27. The second-order valence-electron chi connectivity index (χ2n) is 4.90. The van der Waals surface area contributed by atoms with E-state index in [9.17, 15) is 30.4 Å². The van der Waals surface area contributed by atoms with Crippen LogP contribution in [0.1, 0.15) is 11.6 Å². The van der Waals surface area contributed by atoms with Gasteiger partial charge in [0.15, 0.2) is 28.2 Å². The van der Waals surface area contributed by atoms with E-state index in [0.29, 0.717) is 9.87 Å². The molecule has 1 aliphatic rings. The van der Waals surface area contributed by atoms with Gasteiger partial charge in [-0.15, -0.1) is 0 Å². The Morgan fingerprint density at radius 1 is 0.826 bits per heavy atom. The molecule has 0 aliphatic carbocycles. The van der Waals surface area contributed by atoms with Gasteiger partial charge in [0.25, 0.3) is 0 Å². The molecular formula is C14H8F5NO2S. The van der Waals surface area contributed by atoms with Crippen LogP contribution in [0.15, 0.2) is 35.2 Å². The van der Waals surface area contributed by atoms with Crippen LogP contribution in [0, 0.1) is 29.1 Å². The lowest BCUT2D eigenvalue weighted by atomic mass is 10.2. The van der Waals surface area contributed by atoms with Crippen molar-refractivity contribution in [1.29, 1.82) is 0 Å². The Hall–Kier alpha value is -2.00. The molecule has 0 aromatic heterocycles. The average Bonchev–Trinajstić information content (AvgIpc) is 3.33. The van der Waals surface area contributed by atoms with E-state index in [2.05, 4.69) is 0 Å². The first-order valence-corrected chi connectivity index (χ1v) is 7.79. The predicted octanol–water partition coefficient (Wildman–Crippen LogP) is 3.13. The molecule has 2 aromatic rings. The van der Waals surface area contributed by atoms with Crippen molar-refractivity contribution in [3.05, 3.63) is 65.0 Å². The number of halogens is 5. The summed E-state index contributed by atoms with van der Waals surface area (Å²) in [6.45, 7) is -0.105. The molecule has 2 atom stereocenters. The second-order valence-corrected chi connectivity index (χ2v) is 6.73. The van der Waals surface area contributed by atoms with Crippen LogP contribution in [0.25, 0.3) is 0 Å². The number of hydrogen-bond donors (Lipinski definition) is 0. The molecule has 1 saturated heterocycles. The summed E-state index contributed by atoms with van der Waals surface area (Å²) < 4.78 is 91.9. The topological polar surface area (TPSA) is 37.1 Å². The number of sulfonamides is 1. The van der Waals surface area contributed by atoms with Crippen LogP contribution in [0.2, 0.25) is 0 Å². The third-order valence-electron chi connectivity index (χ3n) is 3.49. The first-order valence-electron chi connectivity index (χ1n) is 6.35. The molecule has 3 rings (SSSR count). The minimum atomic E-state index is -4.85. The highest BCUT2D eigenvalue weighted by atomic mass is 32.2. The van der Waals surface area contributed by atoms with Crippen molar-refractivity contribution in [2.45, 2.75) is 10.9 Å². The Morgan fingerprint density at radius 2 is 1.30 bits per heavy atom. The molecule has 3 nitrogen and oxygen atoms in total. The van der Waals surface area contributed by atoms with Crippen molar-refractivity contribution in [1.82, 2.24) is 4.31 Å². The van der Waals surface area contributed by atoms with Crippen molar-refractivity contribution < 1.29 is 30.4 Å². The van der Waals surface area contributed by atoms with Gasteiger partial charge in [-0.3, -0.25) is 0 Å². The van der Waals surface area contributed by atoms with Gasteiger partial charge in [-0.2, -0.15) is 4.31 Å². The van der Waals surface area contributed by atoms with Crippen LogP contribution in [-0.4, -0.2) is 19.3 Å². The molecule has 122 valence electrons. The Bertz CT molecular complexity index is 857. The van der Waals surface area contributed by atoms with Crippen LogP contribution < -0.4 is 0 Å². The predicted molar refractivity (Wildman–Crippen MR) is 69.3 cm³/mol. The fraction of sp³-hybridized carbons (Fsp3) is 0.143. The zero-order valence-corrected chi connectivity index (χ0v) is 12.0. The van der Waals surface area contributed by atoms with E-state index in [4.69, 9.17) is 0 Å². The van der Waals surface area contributed by atoms with Crippen molar-refractivity contribution >= 4 is 10.0 Å². The van der Waals surface area contributed by atoms with Crippen molar-refractivity contribution in [3.63, 3.8) is 0 Å². The minimum Gasteiger partial charge on any atom is -0.207 e. The highest BCUT2D eigenvalue weighted by Crippen LogP contribution is 2.42. The quantitative estimate of drug-likeness (QED) is 0.370. The van der Waals surface area contributed by atoms with Gasteiger partial charge in [-0.05, 0) is 5.56 Å². The zero-order chi connectivity index (χ0) is 16.9. The lowest BCUT2D eigenvalue weighted by Crippen LogP contribution is -2.19. The van der Waals surface area contributed by atoms with Crippen molar-refractivity contribution in [2.24, 2.45) is 0 Å². The molecule has 2 unspecified atom stereocenters. The molecule has 1 aliphatic heterocycles. The minimum absolute atomic E-state index is 0.105. The van der Waals surface area contributed by atoms with Gasteiger partial charge in [-0.25, -0.2) is 30.4 Å². The van der Waals surface area contributed by atoms with E-state index in [1.807, 2.05) is 0 Å². The number of benzene rings is 2. The summed E-state index contributed by atoms with van der Waals surface area (Å²) in [5.74, 6) is -11.7. The largest absolute Gasteiger partial charge is 0.249 e. The maximum absolute atomic E-state index is 13.7. The molecule has 0 N–H and O–H groups in total. The number of rotatable bonds is 3. The maximum Gasteiger partial charge on any atom is 0.249 e. The molecule has 0 spiro atoms. The van der Waals surface area contributed by atoms with E-state index in [-0.39, 0.29) is 6.54 Å². The summed E-state index contributed by atoms with van der Waals surface area (Å²) in [6.07, 6.45) is 0. The van der Waals surface area contributed by atoms with Gasteiger partial charge in [0.1, 0.15) is 0 Å². The lowest BCUT2D eigenvalue weighted by Gasteiger charge is -2.10.